The Hall–Kier alpha value is -1.35. The van der Waals surface area contributed by atoms with Crippen LogP contribution in [0.5, 0.6) is 0 Å². The van der Waals surface area contributed by atoms with Gasteiger partial charge in [0, 0.05) is 0 Å². The van der Waals surface area contributed by atoms with Crippen molar-refractivity contribution < 1.29 is 14.6 Å². The number of hydrogen-bond acceptors (Lipinski definition) is 3. The summed E-state index contributed by atoms with van der Waals surface area (Å²) in [5.74, 6) is 0.458. The van der Waals surface area contributed by atoms with Crippen LogP contribution in [-0.4, -0.2) is 17.7 Å². The third-order valence-corrected chi connectivity index (χ3v) is 6.85. The van der Waals surface area contributed by atoms with Crippen LogP contribution < -0.4 is 0 Å². The smallest absolute Gasteiger partial charge is 0.312 e. The zero-order chi connectivity index (χ0) is 18.4. The highest BCUT2D eigenvalue weighted by Gasteiger charge is 2.57. The minimum absolute atomic E-state index is 0.0795. The Balaban J connectivity index is 2.08. The lowest BCUT2D eigenvalue weighted by atomic mass is 9.49. The molecule has 1 N–H and O–H groups in total. The predicted molar refractivity (Wildman–Crippen MR) is 99.5 cm³/mol. The number of ether oxygens (including phenoxy) is 1. The van der Waals surface area contributed by atoms with Gasteiger partial charge in [0.25, 0.3) is 0 Å². The molecule has 138 valence electrons. The summed E-state index contributed by atoms with van der Waals surface area (Å²) in [6.07, 6.45) is 3.06. The summed E-state index contributed by atoms with van der Waals surface area (Å²) in [5.41, 5.74) is 2.97. The molecule has 0 heterocycles. The van der Waals surface area contributed by atoms with Gasteiger partial charge in [-0.2, -0.15) is 0 Å². The summed E-state index contributed by atoms with van der Waals surface area (Å²) in [6.45, 7) is 11.0. The van der Waals surface area contributed by atoms with Gasteiger partial charge < -0.3 is 9.84 Å². The van der Waals surface area contributed by atoms with Crippen molar-refractivity contribution in [3.8, 4) is 0 Å². The second-order valence-electron chi connectivity index (χ2n) is 8.71. The van der Waals surface area contributed by atoms with Gasteiger partial charge in [-0.25, -0.2) is 0 Å². The number of carbonyl (C=O) groups excluding carboxylic acids is 1. The molecule has 0 radical (unpaired) electrons. The first kappa shape index (κ1) is 18.4. The van der Waals surface area contributed by atoms with Crippen LogP contribution in [0.3, 0.4) is 0 Å². The lowest BCUT2D eigenvalue weighted by molar-refractivity contribution is -0.165. The predicted octanol–water partition coefficient (Wildman–Crippen LogP) is 4.87. The fraction of sp³-hybridized carbons (Fsp3) is 0.682. The highest BCUT2D eigenvalue weighted by Crippen LogP contribution is 2.59. The third-order valence-electron chi connectivity index (χ3n) is 6.85. The Bertz CT molecular complexity index is 665. The lowest BCUT2D eigenvalue weighted by Crippen LogP contribution is -2.53. The van der Waals surface area contributed by atoms with Crippen molar-refractivity contribution in [3.05, 3.63) is 34.9 Å². The number of aliphatic hydroxyl groups is 1. The van der Waals surface area contributed by atoms with E-state index >= 15 is 0 Å². The van der Waals surface area contributed by atoms with Crippen molar-refractivity contribution >= 4 is 5.97 Å². The largest absolute Gasteiger partial charge is 0.466 e. The molecule has 25 heavy (non-hydrogen) atoms. The van der Waals surface area contributed by atoms with Gasteiger partial charge >= 0.3 is 5.97 Å². The van der Waals surface area contributed by atoms with E-state index in [0.29, 0.717) is 18.9 Å². The van der Waals surface area contributed by atoms with Crippen molar-refractivity contribution in [1.82, 2.24) is 0 Å². The van der Waals surface area contributed by atoms with Gasteiger partial charge in [-0.1, -0.05) is 45.4 Å². The van der Waals surface area contributed by atoms with E-state index in [-0.39, 0.29) is 17.3 Å². The van der Waals surface area contributed by atoms with Crippen molar-refractivity contribution in [3.63, 3.8) is 0 Å². The number of esters is 1. The van der Waals surface area contributed by atoms with E-state index in [4.69, 9.17) is 4.74 Å². The van der Waals surface area contributed by atoms with Crippen LogP contribution in [0.1, 0.15) is 89.0 Å². The maximum atomic E-state index is 12.8. The topological polar surface area (TPSA) is 46.5 Å². The molecule has 3 rings (SSSR count). The first-order valence-corrected chi connectivity index (χ1v) is 9.73. The molecule has 1 saturated carbocycles. The number of carbonyl (C=O) groups is 1. The van der Waals surface area contributed by atoms with E-state index in [1.165, 1.54) is 11.1 Å². The molecule has 1 fully saturated rings. The second-order valence-corrected chi connectivity index (χ2v) is 8.71. The summed E-state index contributed by atoms with van der Waals surface area (Å²) in [5, 5.41) is 10.9. The number of hydrogen-bond donors (Lipinski definition) is 1. The van der Waals surface area contributed by atoms with Gasteiger partial charge in [0.2, 0.25) is 0 Å². The normalized spacial score (nSPS) is 34.4. The summed E-state index contributed by atoms with van der Waals surface area (Å²) in [7, 11) is 0. The van der Waals surface area contributed by atoms with Crippen LogP contribution in [0.25, 0.3) is 0 Å². The first-order valence-electron chi connectivity index (χ1n) is 9.73. The Morgan fingerprint density at radius 2 is 2.04 bits per heavy atom. The van der Waals surface area contributed by atoms with Gasteiger partial charge in [0.05, 0.1) is 18.1 Å². The van der Waals surface area contributed by atoms with Crippen molar-refractivity contribution in [1.29, 1.82) is 0 Å². The zero-order valence-corrected chi connectivity index (χ0v) is 16.3. The van der Waals surface area contributed by atoms with Gasteiger partial charge in [0.15, 0.2) is 0 Å². The minimum atomic E-state index is -0.515. The lowest BCUT2D eigenvalue weighted by Gasteiger charge is -2.55. The summed E-state index contributed by atoms with van der Waals surface area (Å²) < 4.78 is 5.43. The molecule has 0 unspecified atom stereocenters. The van der Waals surface area contributed by atoms with E-state index in [9.17, 15) is 9.90 Å². The van der Waals surface area contributed by atoms with Crippen molar-refractivity contribution in [2.75, 3.05) is 6.61 Å². The number of fused-ring (bicyclic) bond motifs is 3. The molecule has 3 heteroatoms. The molecule has 0 saturated heterocycles. The van der Waals surface area contributed by atoms with Crippen LogP contribution in [0.15, 0.2) is 18.2 Å². The van der Waals surface area contributed by atoms with E-state index in [0.717, 1.165) is 24.8 Å². The Kier molecular flexibility index (Phi) is 4.74. The molecule has 1 aromatic carbocycles. The summed E-state index contributed by atoms with van der Waals surface area (Å²) >= 11 is 0. The van der Waals surface area contributed by atoms with Crippen LogP contribution in [0.2, 0.25) is 0 Å². The monoisotopic (exact) mass is 344 g/mol. The third kappa shape index (κ3) is 2.81. The molecule has 4 atom stereocenters. The quantitative estimate of drug-likeness (QED) is 0.795. The molecular formula is C22H32O3. The molecule has 3 nitrogen and oxygen atoms in total. The zero-order valence-electron chi connectivity index (χ0n) is 16.3. The van der Waals surface area contributed by atoms with Crippen molar-refractivity contribution in [2.45, 2.75) is 77.7 Å². The summed E-state index contributed by atoms with van der Waals surface area (Å²) in [6, 6.07) is 6.58. The molecule has 1 aromatic rings. The van der Waals surface area contributed by atoms with Crippen LogP contribution >= 0.6 is 0 Å². The van der Waals surface area contributed by atoms with E-state index in [1.54, 1.807) is 0 Å². The van der Waals surface area contributed by atoms with Gasteiger partial charge in [0.1, 0.15) is 0 Å². The fourth-order valence-electron chi connectivity index (χ4n) is 5.34. The maximum absolute atomic E-state index is 12.8. The minimum Gasteiger partial charge on any atom is -0.466 e. The van der Waals surface area contributed by atoms with E-state index in [2.05, 4.69) is 39.0 Å². The molecule has 0 aromatic heterocycles. The van der Waals surface area contributed by atoms with Crippen LogP contribution in [0.4, 0.5) is 0 Å². The van der Waals surface area contributed by atoms with Crippen LogP contribution in [0, 0.1) is 11.3 Å². The second kappa shape index (κ2) is 6.42. The molecule has 2 aliphatic rings. The standard InChI is InChI=1S/C22H32O3/c1-6-25-20(24)22(5)11-7-10-21(4)17-9-8-15(14(2)3)12-16(17)18(23)13-19(21)22/h8-9,12,14,18-19,23H,6-7,10-11,13H2,1-5H3/t18-,19-,21-,22-/m1/s1. The first-order chi connectivity index (χ1) is 11.7. The Morgan fingerprint density at radius 1 is 1.32 bits per heavy atom. The van der Waals surface area contributed by atoms with E-state index in [1.807, 2.05) is 13.8 Å². The van der Waals surface area contributed by atoms with E-state index < -0.39 is 11.5 Å². The SMILES string of the molecule is CCOC(=O)[C@]1(C)CCC[C@]2(C)c3ccc(C(C)C)cc3[C@H](O)C[C@@H]12. The molecule has 2 aliphatic carbocycles. The number of rotatable bonds is 3. The van der Waals surface area contributed by atoms with Crippen molar-refractivity contribution in [2.24, 2.45) is 11.3 Å². The molecular weight excluding hydrogens is 312 g/mol. The molecule has 0 amide bonds. The van der Waals surface area contributed by atoms with Crippen LogP contribution in [-0.2, 0) is 14.9 Å². The summed E-state index contributed by atoms with van der Waals surface area (Å²) in [4.78, 5) is 12.8. The highest BCUT2D eigenvalue weighted by molar-refractivity contribution is 5.77. The Morgan fingerprint density at radius 3 is 2.68 bits per heavy atom. The molecule has 0 aliphatic heterocycles. The average Bonchev–Trinajstić information content (AvgIpc) is 2.57. The van der Waals surface area contributed by atoms with Gasteiger partial charge in [-0.15, -0.1) is 0 Å². The highest BCUT2D eigenvalue weighted by atomic mass is 16.5. The fourth-order valence-corrected chi connectivity index (χ4v) is 5.34. The molecule has 0 bridgehead atoms. The van der Waals surface area contributed by atoms with Gasteiger partial charge in [-0.05, 0) is 67.1 Å². The van der Waals surface area contributed by atoms with Gasteiger partial charge in [-0.3, -0.25) is 4.79 Å². The number of benzene rings is 1. The number of aliphatic hydroxyl groups excluding tert-OH is 1. The maximum Gasteiger partial charge on any atom is 0.312 e. The Labute approximate surface area is 151 Å². The average molecular weight is 344 g/mol. The molecule has 0 spiro atoms.